The van der Waals surface area contributed by atoms with Crippen molar-refractivity contribution < 1.29 is 17.6 Å². The number of fused-ring (bicyclic) bond motifs is 1. The quantitative estimate of drug-likeness (QED) is 0.551. The highest BCUT2D eigenvalue weighted by molar-refractivity contribution is 5.93. The molecule has 1 aromatic carbocycles. The Morgan fingerprint density at radius 1 is 1.07 bits per heavy atom. The lowest BCUT2D eigenvalue weighted by atomic mass is 9.49. The molecule has 4 fully saturated rings. The van der Waals surface area contributed by atoms with Crippen LogP contribution in [0.25, 0.3) is 0 Å². The number of hydroxylamine groups is 1. The lowest BCUT2D eigenvalue weighted by molar-refractivity contribution is -0.158. The zero-order valence-corrected chi connectivity index (χ0v) is 17.7. The van der Waals surface area contributed by atoms with Crippen molar-refractivity contribution in [2.24, 2.45) is 23.2 Å². The number of benzene rings is 1. The van der Waals surface area contributed by atoms with Crippen LogP contribution < -0.4 is 5.48 Å². The van der Waals surface area contributed by atoms with Crippen molar-refractivity contribution in [2.75, 3.05) is 6.54 Å². The maximum absolute atomic E-state index is 13.7. The number of nitrogens with one attached hydrogen (secondary N) is 1. The van der Waals surface area contributed by atoms with Gasteiger partial charge in [-0.1, -0.05) is 19.9 Å². The molecule has 0 spiro atoms. The van der Waals surface area contributed by atoms with E-state index in [1.165, 1.54) is 19.3 Å². The number of aryl methyl sites for hydroxylation is 1. The molecule has 4 saturated carbocycles. The molecule has 6 rings (SSSR count). The van der Waals surface area contributed by atoms with Crippen molar-refractivity contribution in [1.82, 2.24) is 10.4 Å². The van der Waals surface area contributed by atoms with E-state index in [0.717, 1.165) is 67.5 Å². The normalized spacial score (nSPS) is 32.0. The molecule has 1 aromatic rings. The highest BCUT2D eigenvalue weighted by atomic mass is 16.5. The minimum atomic E-state index is -0.483. The van der Waals surface area contributed by atoms with E-state index in [1.807, 2.05) is 26.0 Å². The fourth-order valence-corrected chi connectivity index (χ4v) is 6.85. The lowest BCUT2D eigenvalue weighted by Gasteiger charge is -2.56. The molecule has 0 saturated heterocycles. The van der Waals surface area contributed by atoms with E-state index in [2.05, 4.69) is 4.90 Å². The van der Waals surface area contributed by atoms with Gasteiger partial charge in [-0.2, -0.15) is 0 Å². The first-order chi connectivity index (χ1) is 14.1. The summed E-state index contributed by atoms with van der Waals surface area (Å²) in [6.07, 6.45) is 9.17. The Bertz CT molecular complexity index is 764. The first-order valence-electron chi connectivity index (χ1n) is 11.4. The second-order valence-electron chi connectivity index (χ2n) is 9.45. The standard InChI is InChI=1S/C22H28N2O3.C2H6.2H2/c25-20(23-27)18-3-4-19-13-24(5-1-2-17(19)9-18)21(26)22-10-14-6-15(11-22)8-16(7-14)12-22;1-2;;/h3-4,9,14-16,27H,1-2,5-8,10-13H2,(H,23,25);1-2H3;2*1H. The van der Waals surface area contributed by atoms with Gasteiger partial charge >= 0.3 is 0 Å². The number of rotatable bonds is 2. The van der Waals surface area contributed by atoms with Gasteiger partial charge in [-0.05, 0) is 92.4 Å². The molecule has 0 unspecified atom stereocenters. The summed E-state index contributed by atoms with van der Waals surface area (Å²) < 4.78 is 0. The summed E-state index contributed by atoms with van der Waals surface area (Å²) in [5.74, 6) is 2.24. The average Bonchev–Trinajstić information content (AvgIpc) is 2.95. The summed E-state index contributed by atoms with van der Waals surface area (Å²) in [6, 6.07) is 5.55. The van der Waals surface area contributed by atoms with Crippen LogP contribution in [0.15, 0.2) is 18.2 Å². The maximum atomic E-state index is 13.7. The third-order valence-electron chi connectivity index (χ3n) is 7.58. The van der Waals surface area contributed by atoms with Gasteiger partial charge < -0.3 is 4.90 Å². The number of carbonyl (C=O) groups excluding carboxylic acids is 2. The Balaban J connectivity index is 0.000000830. The third-order valence-corrected chi connectivity index (χ3v) is 7.58. The van der Waals surface area contributed by atoms with Crippen molar-refractivity contribution in [1.29, 1.82) is 0 Å². The lowest BCUT2D eigenvalue weighted by Crippen LogP contribution is -2.54. The van der Waals surface area contributed by atoms with Gasteiger partial charge in [0.05, 0.1) is 5.41 Å². The van der Waals surface area contributed by atoms with E-state index >= 15 is 0 Å². The zero-order valence-electron chi connectivity index (χ0n) is 17.7. The van der Waals surface area contributed by atoms with Gasteiger partial charge in [-0.15, -0.1) is 0 Å². The summed E-state index contributed by atoms with van der Waals surface area (Å²) in [7, 11) is 0. The fourth-order valence-electron chi connectivity index (χ4n) is 6.85. The molecule has 0 aromatic heterocycles. The highest BCUT2D eigenvalue weighted by Crippen LogP contribution is 2.60. The number of amides is 2. The Morgan fingerprint density at radius 2 is 1.69 bits per heavy atom. The van der Waals surface area contributed by atoms with Gasteiger partial charge in [-0.25, -0.2) is 5.48 Å². The van der Waals surface area contributed by atoms with Gasteiger partial charge in [0.1, 0.15) is 0 Å². The molecule has 5 heteroatoms. The molecule has 1 heterocycles. The zero-order chi connectivity index (χ0) is 20.6. The van der Waals surface area contributed by atoms with Gasteiger partial charge in [0.15, 0.2) is 0 Å². The van der Waals surface area contributed by atoms with Crippen molar-refractivity contribution >= 4 is 11.8 Å². The smallest absolute Gasteiger partial charge is 0.274 e. The van der Waals surface area contributed by atoms with Crippen LogP contribution in [0, 0.1) is 23.2 Å². The largest absolute Gasteiger partial charge is 0.338 e. The highest BCUT2D eigenvalue weighted by Gasteiger charge is 2.55. The van der Waals surface area contributed by atoms with Crippen molar-refractivity contribution in [3.05, 3.63) is 34.9 Å². The molecule has 5 nitrogen and oxygen atoms in total. The summed E-state index contributed by atoms with van der Waals surface area (Å²) >= 11 is 0. The summed E-state index contributed by atoms with van der Waals surface area (Å²) in [5.41, 5.74) is 4.34. The first kappa shape index (κ1) is 20.4. The SMILES string of the molecule is CC.O=C(NO)c1ccc2c(c1)CCCN(C(=O)C13CC4CC(CC(C4)C1)C3)C2.[HH].[HH]. The van der Waals surface area contributed by atoms with Crippen molar-refractivity contribution in [3.63, 3.8) is 0 Å². The van der Waals surface area contributed by atoms with Crippen molar-refractivity contribution in [2.45, 2.75) is 71.8 Å². The summed E-state index contributed by atoms with van der Waals surface area (Å²) in [5, 5.41) is 8.86. The van der Waals surface area contributed by atoms with Crippen LogP contribution in [-0.2, 0) is 17.8 Å². The first-order valence-corrected chi connectivity index (χ1v) is 11.4. The minimum Gasteiger partial charge on any atom is -0.338 e. The number of hydrogen-bond donors (Lipinski definition) is 2. The van der Waals surface area contributed by atoms with Gasteiger partial charge in [-0.3, -0.25) is 14.8 Å². The Hall–Kier alpha value is -1.88. The molecular formula is C24H38N2O3. The van der Waals surface area contributed by atoms with Gasteiger partial charge in [0.2, 0.25) is 5.91 Å². The maximum Gasteiger partial charge on any atom is 0.274 e. The monoisotopic (exact) mass is 402 g/mol. The molecule has 1 aliphatic heterocycles. The molecule has 4 bridgehead atoms. The fraction of sp³-hybridized carbons (Fsp3) is 0.667. The summed E-state index contributed by atoms with van der Waals surface area (Å²) in [6.45, 7) is 5.45. The predicted molar refractivity (Wildman–Crippen MR) is 116 cm³/mol. The minimum absolute atomic E-state index is 0. The van der Waals surface area contributed by atoms with E-state index in [9.17, 15) is 9.59 Å². The van der Waals surface area contributed by atoms with Gasteiger partial charge in [0.25, 0.3) is 5.91 Å². The molecule has 0 radical (unpaired) electrons. The molecule has 2 amide bonds. The van der Waals surface area contributed by atoms with Crippen molar-refractivity contribution in [3.8, 4) is 0 Å². The van der Waals surface area contributed by atoms with E-state index in [1.54, 1.807) is 11.5 Å². The Morgan fingerprint density at radius 3 is 2.28 bits per heavy atom. The average molecular weight is 403 g/mol. The van der Waals surface area contributed by atoms with Gasteiger partial charge in [0, 0.05) is 21.5 Å². The van der Waals surface area contributed by atoms with Crippen LogP contribution in [0.2, 0.25) is 0 Å². The predicted octanol–water partition coefficient (Wildman–Crippen LogP) is 4.82. The number of carbonyl (C=O) groups is 2. The van der Waals surface area contributed by atoms with Crippen LogP contribution in [0.5, 0.6) is 0 Å². The Kier molecular flexibility index (Phi) is 5.69. The second-order valence-corrected chi connectivity index (χ2v) is 9.45. The second kappa shape index (κ2) is 8.10. The van der Waals surface area contributed by atoms with E-state index in [-0.39, 0.29) is 8.27 Å². The molecule has 162 valence electrons. The molecule has 29 heavy (non-hydrogen) atoms. The number of hydrogen-bond acceptors (Lipinski definition) is 3. The van der Waals surface area contributed by atoms with Crippen LogP contribution in [0.4, 0.5) is 0 Å². The number of nitrogens with zero attached hydrogens (tertiary/aromatic N) is 1. The van der Waals surface area contributed by atoms with E-state index in [0.29, 0.717) is 18.0 Å². The molecule has 4 aliphatic carbocycles. The summed E-state index contributed by atoms with van der Waals surface area (Å²) in [4.78, 5) is 27.5. The van der Waals surface area contributed by atoms with Crippen LogP contribution in [-0.4, -0.2) is 28.5 Å². The van der Waals surface area contributed by atoms with E-state index < -0.39 is 5.91 Å². The topological polar surface area (TPSA) is 69.6 Å². The van der Waals surface area contributed by atoms with Crippen LogP contribution >= 0.6 is 0 Å². The van der Waals surface area contributed by atoms with Crippen LogP contribution in [0.3, 0.4) is 0 Å². The molecular weight excluding hydrogens is 364 g/mol. The molecule has 5 aliphatic rings. The third kappa shape index (κ3) is 3.70. The molecule has 0 atom stereocenters. The molecule has 2 N–H and O–H groups in total. The van der Waals surface area contributed by atoms with E-state index in [4.69, 9.17) is 5.21 Å². The van der Waals surface area contributed by atoms with Crippen LogP contribution in [0.1, 0.15) is 83.1 Å². The Labute approximate surface area is 176 Å².